The number of nitrogens with zero attached hydrogens (tertiary/aromatic N) is 8. The molecule has 0 spiro atoms. The van der Waals surface area contributed by atoms with Gasteiger partial charge in [-0.05, 0) is 84.6 Å². The van der Waals surface area contributed by atoms with E-state index in [-0.39, 0.29) is 51.4 Å². The normalized spacial score (nSPS) is 15.3. The Labute approximate surface area is 384 Å². The van der Waals surface area contributed by atoms with Crippen LogP contribution >= 0.6 is 11.6 Å². The lowest BCUT2D eigenvalue weighted by molar-refractivity contribution is 0.0323. The summed E-state index contributed by atoms with van der Waals surface area (Å²) >= 11 is 6.89. The minimum Gasteiger partial charge on any atom is -0.492 e. The van der Waals surface area contributed by atoms with Crippen LogP contribution in [0.25, 0.3) is 26.9 Å². The number of nitrogens with one attached hydrogen (secondary N) is 1. The number of sulfonamides is 1. The molecular weight excluding hydrogens is 870 g/mol. The number of unbranched alkanes of at least 4 members (excludes halogenated alkanes) is 2. The molecule has 65 heavy (non-hydrogen) atoms. The van der Waals surface area contributed by atoms with Crippen LogP contribution in [0, 0.1) is 6.92 Å². The van der Waals surface area contributed by atoms with Gasteiger partial charge in [-0.1, -0.05) is 85.9 Å². The van der Waals surface area contributed by atoms with Gasteiger partial charge in [-0.25, -0.2) is 17.8 Å². The van der Waals surface area contributed by atoms with Gasteiger partial charge in [0.1, 0.15) is 12.4 Å². The summed E-state index contributed by atoms with van der Waals surface area (Å²) < 4.78 is 43.1. The first-order chi connectivity index (χ1) is 31.4. The molecular formula is C47H54ClN9O7S. The summed E-state index contributed by atoms with van der Waals surface area (Å²) in [6, 6.07) is 21.3. The average Bonchev–Trinajstić information content (AvgIpc) is 3.62. The average molecular weight is 925 g/mol. The van der Waals surface area contributed by atoms with Crippen molar-refractivity contribution < 1.29 is 32.3 Å². The molecule has 3 amide bonds. The molecule has 0 saturated carbocycles. The Bertz CT molecular complexity index is 2710. The van der Waals surface area contributed by atoms with Gasteiger partial charge in [0, 0.05) is 67.7 Å². The molecule has 5 aromatic rings. The van der Waals surface area contributed by atoms with Crippen molar-refractivity contribution in [3.8, 4) is 11.4 Å². The highest BCUT2D eigenvalue weighted by molar-refractivity contribution is 7.90. The first-order valence-corrected chi connectivity index (χ1v) is 23.9. The van der Waals surface area contributed by atoms with Gasteiger partial charge in [0.15, 0.2) is 5.69 Å². The Kier molecular flexibility index (Phi) is 15.4. The number of carbonyl (C=O) groups excluding carboxylic acids is 3. The molecule has 4 aromatic carbocycles. The van der Waals surface area contributed by atoms with Gasteiger partial charge in [-0.2, -0.15) is 5.10 Å². The van der Waals surface area contributed by atoms with Crippen molar-refractivity contribution >= 4 is 50.1 Å². The Balaban J connectivity index is 1.23. The SMILES string of the molecule is CCCCN(CCCC)C(=O)c1nn(-c2ccc(C(=O)NS(=O)(=O)c3ccc4cccc(OCCN5CCOCC5)c4c3)cc2C(=O)N2Cc3ccccc3C[C@H]2CN=[N+]=[N-])c(C)c1Cl. The smallest absolute Gasteiger partial charge is 0.275 e. The van der Waals surface area contributed by atoms with E-state index in [0.717, 1.165) is 55.3 Å². The van der Waals surface area contributed by atoms with E-state index in [9.17, 15) is 23.5 Å². The number of fused-ring (bicyclic) bond motifs is 2. The first kappa shape index (κ1) is 47.0. The number of azide groups is 1. The van der Waals surface area contributed by atoms with Gasteiger partial charge >= 0.3 is 0 Å². The van der Waals surface area contributed by atoms with E-state index < -0.39 is 27.9 Å². The van der Waals surface area contributed by atoms with Crippen LogP contribution in [0.4, 0.5) is 0 Å². The summed E-state index contributed by atoms with van der Waals surface area (Å²) in [5.41, 5.74) is 11.6. The lowest BCUT2D eigenvalue weighted by atomic mass is 9.93. The van der Waals surface area contributed by atoms with E-state index in [4.69, 9.17) is 26.2 Å². The number of rotatable bonds is 18. The van der Waals surface area contributed by atoms with Crippen LogP contribution < -0.4 is 9.46 Å². The van der Waals surface area contributed by atoms with Crippen molar-refractivity contribution in [2.24, 2.45) is 5.11 Å². The number of morpholine rings is 1. The number of hydrogen-bond acceptors (Lipinski definition) is 10. The predicted octanol–water partition coefficient (Wildman–Crippen LogP) is 7.74. The van der Waals surface area contributed by atoms with Crippen LogP contribution in [-0.2, 0) is 27.7 Å². The topological polar surface area (TPSA) is 192 Å². The molecule has 1 aromatic heterocycles. The fourth-order valence-corrected chi connectivity index (χ4v) is 9.39. The summed E-state index contributed by atoms with van der Waals surface area (Å²) in [4.78, 5) is 51.5. The van der Waals surface area contributed by atoms with Crippen LogP contribution in [0.15, 0.2) is 88.9 Å². The van der Waals surface area contributed by atoms with E-state index in [0.29, 0.717) is 62.7 Å². The first-order valence-electron chi connectivity index (χ1n) is 22.0. The third kappa shape index (κ3) is 10.8. The number of aromatic nitrogens is 2. The number of amides is 3. The maximum absolute atomic E-state index is 15.0. The summed E-state index contributed by atoms with van der Waals surface area (Å²) in [5, 5.41) is 9.95. The lowest BCUT2D eigenvalue weighted by Gasteiger charge is -2.36. The Morgan fingerprint density at radius 2 is 1.72 bits per heavy atom. The standard InChI is InChI=1S/C47H54ClN9O7S/c1-4-6-19-55(20-7-5-2)47(60)44-43(48)32(3)57(51-44)41-18-16-35(28-40(41)46(59)56-31-36-12-9-8-11-34(36)27-37(56)30-50-53-49)45(58)52-65(61,62)38-17-15-33-13-10-14-42(39(33)29-38)64-26-23-54-21-24-63-25-22-54/h8-18,28-29,37H,4-7,19-27,30-31H2,1-3H3,(H,52,58)/t37-/m0/s1. The third-order valence-corrected chi connectivity index (χ3v) is 13.7. The van der Waals surface area contributed by atoms with Crippen molar-refractivity contribution in [3.05, 3.63) is 128 Å². The summed E-state index contributed by atoms with van der Waals surface area (Å²) in [6.45, 7) is 11.0. The molecule has 1 N–H and O–H groups in total. The largest absolute Gasteiger partial charge is 0.492 e. The minimum atomic E-state index is -4.46. The maximum Gasteiger partial charge on any atom is 0.275 e. The maximum atomic E-state index is 15.0. The second-order valence-corrected chi connectivity index (χ2v) is 18.3. The van der Waals surface area contributed by atoms with Crippen molar-refractivity contribution in [2.75, 3.05) is 59.1 Å². The van der Waals surface area contributed by atoms with Crippen LogP contribution in [0.5, 0.6) is 5.75 Å². The number of carbonyl (C=O) groups is 3. The van der Waals surface area contributed by atoms with Gasteiger partial charge in [0.05, 0.1) is 40.1 Å². The molecule has 16 nitrogen and oxygen atoms in total. The molecule has 1 fully saturated rings. The molecule has 1 saturated heterocycles. The molecule has 18 heteroatoms. The fourth-order valence-electron chi connectivity index (χ4n) is 8.19. The summed E-state index contributed by atoms with van der Waals surface area (Å²) in [5.74, 6) is -1.35. The van der Waals surface area contributed by atoms with Crippen LogP contribution in [0.3, 0.4) is 0 Å². The highest BCUT2D eigenvalue weighted by Crippen LogP contribution is 2.32. The fraction of sp³-hybridized carbons (Fsp3) is 0.404. The van der Waals surface area contributed by atoms with E-state index in [2.05, 4.69) is 19.6 Å². The number of halogens is 1. The Morgan fingerprint density at radius 1 is 0.985 bits per heavy atom. The van der Waals surface area contributed by atoms with E-state index in [1.807, 2.05) is 50.2 Å². The van der Waals surface area contributed by atoms with Crippen molar-refractivity contribution in [1.82, 2.24) is 29.2 Å². The quantitative estimate of drug-likeness (QED) is 0.0520. The molecule has 3 heterocycles. The summed E-state index contributed by atoms with van der Waals surface area (Å²) in [6.07, 6.45) is 3.77. The molecule has 2 aliphatic heterocycles. The number of ether oxygens (including phenoxy) is 2. The van der Waals surface area contributed by atoms with E-state index in [1.54, 1.807) is 28.9 Å². The van der Waals surface area contributed by atoms with Gasteiger partial charge in [0.25, 0.3) is 27.7 Å². The van der Waals surface area contributed by atoms with E-state index >= 15 is 4.79 Å². The van der Waals surface area contributed by atoms with Crippen LogP contribution in [0.1, 0.15) is 87.6 Å². The minimum absolute atomic E-state index is 0.0139. The third-order valence-electron chi connectivity index (χ3n) is 11.9. The molecule has 7 rings (SSSR count). The zero-order valence-corrected chi connectivity index (χ0v) is 38.5. The molecule has 0 aliphatic carbocycles. The number of hydrogen-bond donors (Lipinski definition) is 1. The van der Waals surface area contributed by atoms with Gasteiger partial charge < -0.3 is 19.3 Å². The van der Waals surface area contributed by atoms with Gasteiger partial charge in [-0.3, -0.25) is 19.3 Å². The molecule has 0 radical (unpaired) electrons. The molecule has 0 unspecified atom stereocenters. The molecule has 1 atom stereocenters. The van der Waals surface area contributed by atoms with Crippen LogP contribution in [0.2, 0.25) is 5.02 Å². The van der Waals surface area contributed by atoms with Crippen molar-refractivity contribution in [1.29, 1.82) is 0 Å². The van der Waals surface area contributed by atoms with Crippen LogP contribution in [-0.4, -0.2) is 116 Å². The van der Waals surface area contributed by atoms with E-state index in [1.165, 1.54) is 35.0 Å². The highest BCUT2D eigenvalue weighted by Gasteiger charge is 2.34. The van der Waals surface area contributed by atoms with Crippen molar-refractivity contribution in [3.63, 3.8) is 0 Å². The monoisotopic (exact) mass is 923 g/mol. The molecule has 2 aliphatic rings. The molecule has 342 valence electrons. The lowest BCUT2D eigenvalue weighted by Crippen LogP contribution is -2.46. The Morgan fingerprint density at radius 3 is 2.45 bits per heavy atom. The molecule has 0 bridgehead atoms. The Hall–Kier alpha value is -5.97. The number of benzene rings is 4. The second kappa shape index (κ2) is 21.3. The van der Waals surface area contributed by atoms with Gasteiger partial charge in [-0.15, -0.1) is 0 Å². The summed E-state index contributed by atoms with van der Waals surface area (Å²) in [7, 11) is -4.46. The highest BCUT2D eigenvalue weighted by atomic mass is 35.5. The zero-order chi connectivity index (χ0) is 46.1. The second-order valence-electron chi connectivity index (χ2n) is 16.2. The predicted molar refractivity (Wildman–Crippen MR) is 248 cm³/mol. The van der Waals surface area contributed by atoms with Gasteiger partial charge in [0.2, 0.25) is 0 Å². The van der Waals surface area contributed by atoms with Crippen molar-refractivity contribution in [2.45, 2.75) is 70.4 Å². The zero-order valence-electron chi connectivity index (χ0n) is 36.9.